The van der Waals surface area contributed by atoms with Crippen molar-refractivity contribution in [2.75, 3.05) is 6.54 Å². The summed E-state index contributed by atoms with van der Waals surface area (Å²) in [4.78, 5) is 2.24. The molecule has 0 aliphatic carbocycles. The van der Waals surface area contributed by atoms with E-state index in [4.69, 9.17) is 11.5 Å². The quantitative estimate of drug-likeness (QED) is 0.730. The zero-order valence-electron chi connectivity index (χ0n) is 11.8. The third-order valence-electron chi connectivity index (χ3n) is 2.79. The van der Waals surface area contributed by atoms with Crippen LogP contribution in [0.1, 0.15) is 48.0 Å². The van der Waals surface area contributed by atoms with Gasteiger partial charge in [-0.05, 0) is 48.0 Å². The number of allylic oxidation sites excluding steroid dienone is 1. The van der Waals surface area contributed by atoms with E-state index in [0.717, 1.165) is 18.7 Å². The fourth-order valence-electron chi connectivity index (χ4n) is 2.03. The molecule has 1 unspecified atom stereocenters. The minimum atomic E-state index is -0.286. The van der Waals surface area contributed by atoms with Gasteiger partial charge in [-0.25, -0.2) is 0 Å². The molecular formula is C13H29N3. The minimum absolute atomic E-state index is 0.218. The molecule has 0 aliphatic heterocycles. The Balaban J connectivity index is 5.01. The van der Waals surface area contributed by atoms with E-state index in [0.29, 0.717) is 0 Å². The largest absolute Gasteiger partial charge is 0.371 e. The second-order valence-electron chi connectivity index (χ2n) is 6.05. The van der Waals surface area contributed by atoms with Gasteiger partial charge in [-0.3, -0.25) is 0 Å². The van der Waals surface area contributed by atoms with Crippen molar-refractivity contribution in [3.63, 3.8) is 0 Å². The Morgan fingerprint density at radius 2 is 1.69 bits per heavy atom. The number of nitrogens with zero attached hydrogens (tertiary/aromatic N) is 1. The van der Waals surface area contributed by atoms with Crippen molar-refractivity contribution in [1.29, 1.82) is 0 Å². The van der Waals surface area contributed by atoms with Crippen LogP contribution in [0.15, 0.2) is 12.3 Å². The van der Waals surface area contributed by atoms with Gasteiger partial charge in [0.1, 0.15) is 0 Å². The van der Waals surface area contributed by atoms with Crippen LogP contribution in [0.25, 0.3) is 0 Å². The number of nitrogens with two attached hydrogens (primary N) is 2. The van der Waals surface area contributed by atoms with Crippen LogP contribution in [0.4, 0.5) is 0 Å². The molecule has 0 spiro atoms. The Kier molecular flexibility index (Phi) is 5.02. The van der Waals surface area contributed by atoms with Gasteiger partial charge in [-0.1, -0.05) is 6.58 Å². The lowest BCUT2D eigenvalue weighted by Gasteiger charge is -2.44. The summed E-state index contributed by atoms with van der Waals surface area (Å²) in [6.45, 7) is 17.3. The topological polar surface area (TPSA) is 55.3 Å². The summed E-state index contributed by atoms with van der Waals surface area (Å²) in [7, 11) is 0. The highest BCUT2D eigenvalue weighted by Gasteiger charge is 2.33. The molecule has 3 nitrogen and oxygen atoms in total. The van der Waals surface area contributed by atoms with Gasteiger partial charge >= 0.3 is 0 Å². The number of likely N-dealkylation sites (N-methyl/N-ethyl adjacent to an activating group) is 1. The van der Waals surface area contributed by atoms with Gasteiger partial charge in [-0.15, -0.1) is 0 Å². The third-order valence-corrected chi connectivity index (χ3v) is 2.79. The Labute approximate surface area is 101 Å². The third kappa shape index (κ3) is 4.99. The first-order valence-electron chi connectivity index (χ1n) is 5.99. The van der Waals surface area contributed by atoms with Gasteiger partial charge in [0.15, 0.2) is 0 Å². The van der Waals surface area contributed by atoms with Crippen LogP contribution in [-0.2, 0) is 0 Å². The average molecular weight is 227 g/mol. The van der Waals surface area contributed by atoms with Crippen LogP contribution in [0.2, 0.25) is 0 Å². The van der Waals surface area contributed by atoms with E-state index in [9.17, 15) is 0 Å². The van der Waals surface area contributed by atoms with Gasteiger partial charge in [-0.2, -0.15) is 0 Å². The zero-order chi connectivity index (χ0) is 13.1. The molecule has 0 bridgehead atoms. The average Bonchev–Trinajstić information content (AvgIpc) is 1.99. The highest BCUT2D eigenvalue weighted by Crippen LogP contribution is 2.24. The molecule has 0 aromatic carbocycles. The molecule has 16 heavy (non-hydrogen) atoms. The molecule has 1 atom stereocenters. The van der Waals surface area contributed by atoms with Gasteiger partial charge in [0.2, 0.25) is 0 Å². The predicted octanol–water partition coefficient (Wildman–Crippen LogP) is 2.08. The molecular weight excluding hydrogens is 198 g/mol. The predicted molar refractivity (Wildman–Crippen MR) is 72.1 cm³/mol. The molecule has 0 saturated heterocycles. The van der Waals surface area contributed by atoms with E-state index in [1.807, 2.05) is 20.8 Å². The number of hydrogen-bond donors (Lipinski definition) is 2. The first-order chi connectivity index (χ1) is 6.99. The van der Waals surface area contributed by atoms with Crippen LogP contribution in [0.5, 0.6) is 0 Å². The molecule has 0 aromatic rings. The maximum Gasteiger partial charge on any atom is 0.0478 e. The van der Waals surface area contributed by atoms with Crippen LogP contribution >= 0.6 is 0 Å². The molecule has 0 heterocycles. The maximum atomic E-state index is 6.26. The SMILES string of the molecule is C=C(C)N(CC)C(CC(C)(C)N)C(C)(C)N. The van der Waals surface area contributed by atoms with Gasteiger partial charge in [0, 0.05) is 29.4 Å². The monoisotopic (exact) mass is 227 g/mol. The summed E-state index contributed by atoms with van der Waals surface area (Å²) in [6, 6.07) is 0.218. The lowest BCUT2D eigenvalue weighted by Crippen LogP contribution is -2.57. The minimum Gasteiger partial charge on any atom is -0.371 e. The number of hydrogen-bond acceptors (Lipinski definition) is 3. The molecule has 0 radical (unpaired) electrons. The van der Waals surface area contributed by atoms with Gasteiger partial charge < -0.3 is 16.4 Å². The fraction of sp³-hybridized carbons (Fsp3) is 0.846. The summed E-state index contributed by atoms with van der Waals surface area (Å²) in [5.41, 5.74) is 12.9. The molecule has 3 heteroatoms. The lowest BCUT2D eigenvalue weighted by molar-refractivity contribution is 0.151. The van der Waals surface area contributed by atoms with E-state index in [-0.39, 0.29) is 17.1 Å². The molecule has 0 fully saturated rings. The highest BCUT2D eigenvalue weighted by atomic mass is 15.2. The van der Waals surface area contributed by atoms with Crippen LogP contribution in [-0.4, -0.2) is 28.6 Å². The maximum absolute atomic E-state index is 6.26. The molecule has 0 rings (SSSR count). The second-order valence-corrected chi connectivity index (χ2v) is 6.05. The normalized spacial score (nSPS) is 14.8. The summed E-state index contributed by atoms with van der Waals surface area (Å²) in [6.07, 6.45) is 0.858. The summed E-state index contributed by atoms with van der Waals surface area (Å²) in [5.74, 6) is 0. The molecule has 4 N–H and O–H groups in total. The summed E-state index contributed by atoms with van der Waals surface area (Å²) in [5, 5.41) is 0. The Morgan fingerprint density at radius 3 is 1.88 bits per heavy atom. The standard InChI is InChI=1S/C13H29N3/c1-8-16(10(2)3)11(13(6,7)15)9-12(4,5)14/h11H,2,8-9,14-15H2,1,3-7H3. The highest BCUT2D eigenvalue weighted by molar-refractivity contribution is 5.02. The van der Waals surface area contributed by atoms with E-state index in [1.165, 1.54) is 0 Å². The molecule has 0 saturated carbocycles. The first kappa shape index (κ1) is 15.5. The van der Waals surface area contributed by atoms with Crippen LogP contribution in [0, 0.1) is 0 Å². The van der Waals surface area contributed by atoms with Crippen molar-refractivity contribution < 1.29 is 0 Å². The zero-order valence-corrected chi connectivity index (χ0v) is 11.8. The lowest BCUT2D eigenvalue weighted by atomic mass is 9.84. The summed E-state index contributed by atoms with van der Waals surface area (Å²) >= 11 is 0. The van der Waals surface area contributed by atoms with Gasteiger partial charge in [0.05, 0.1) is 0 Å². The number of rotatable bonds is 6. The molecule has 96 valence electrons. The van der Waals surface area contributed by atoms with Crippen molar-refractivity contribution in [3.8, 4) is 0 Å². The van der Waals surface area contributed by atoms with Crippen molar-refractivity contribution in [3.05, 3.63) is 12.3 Å². The van der Waals surface area contributed by atoms with Crippen molar-refractivity contribution in [2.45, 2.75) is 65.1 Å². The van der Waals surface area contributed by atoms with Gasteiger partial charge in [0.25, 0.3) is 0 Å². The van der Waals surface area contributed by atoms with Crippen LogP contribution < -0.4 is 11.5 Å². The Hall–Kier alpha value is -0.540. The smallest absolute Gasteiger partial charge is 0.0478 e. The fourth-order valence-corrected chi connectivity index (χ4v) is 2.03. The first-order valence-corrected chi connectivity index (χ1v) is 5.99. The van der Waals surface area contributed by atoms with E-state index >= 15 is 0 Å². The van der Waals surface area contributed by atoms with Crippen LogP contribution in [0.3, 0.4) is 0 Å². The van der Waals surface area contributed by atoms with E-state index in [2.05, 4.69) is 32.3 Å². The summed E-state index contributed by atoms with van der Waals surface area (Å²) < 4.78 is 0. The molecule has 0 amide bonds. The Bertz CT molecular complexity index is 233. The Morgan fingerprint density at radius 1 is 1.25 bits per heavy atom. The van der Waals surface area contributed by atoms with E-state index < -0.39 is 0 Å². The van der Waals surface area contributed by atoms with Crippen molar-refractivity contribution in [1.82, 2.24) is 4.90 Å². The van der Waals surface area contributed by atoms with E-state index in [1.54, 1.807) is 0 Å². The molecule has 0 aliphatic rings. The second kappa shape index (κ2) is 5.19. The van der Waals surface area contributed by atoms with Crippen molar-refractivity contribution >= 4 is 0 Å². The molecule has 0 aromatic heterocycles. The van der Waals surface area contributed by atoms with Crippen molar-refractivity contribution in [2.24, 2.45) is 11.5 Å².